The molecule has 120 valence electrons. The topological polar surface area (TPSA) is 42.1 Å². The van der Waals surface area contributed by atoms with Gasteiger partial charge in [-0.05, 0) is 30.2 Å². The van der Waals surface area contributed by atoms with Gasteiger partial charge in [-0.3, -0.25) is 4.79 Å². The van der Waals surface area contributed by atoms with E-state index in [1.54, 1.807) is 11.9 Å². The van der Waals surface area contributed by atoms with Gasteiger partial charge in [0.1, 0.15) is 18.5 Å². The van der Waals surface area contributed by atoms with Crippen molar-refractivity contribution < 1.29 is 14.3 Å². The van der Waals surface area contributed by atoms with E-state index in [-0.39, 0.29) is 12.0 Å². The highest BCUT2D eigenvalue weighted by atomic mass is 16.6. The molecule has 0 bridgehead atoms. The second-order valence-electron chi connectivity index (χ2n) is 5.61. The van der Waals surface area contributed by atoms with E-state index in [0.29, 0.717) is 17.9 Å². The van der Waals surface area contributed by atoms with Gasteiger partial charge in [-0.25, -0.2) is 0 Å². The zero-order valence-electron chi connectivity index (χ0n) is 13.5. The van der Waals surface area contributed by atoms with Crippen molar-refractivity contribution in [2.75, 3.05) is 25.2 Å². The van der Waals surface area contributed by atoms with Crippen molar-refractivity contribution in [3.63, 3.8) is 0 Å². The molecule has 2 aromatic carbocycles. The molecule has 4 heteroatoms. The van der Waals surface area contributed by atoms with Crippen molar-refractivity contribution >= 4 is 11.6 Å². The van der Waals surface area contributed by atoms with Gasteiger partial charge in [-0.15, -0.1) is 0 Å². The molecule has 0 spiro atoms. The number of anilines is 1. The van der Waals surface area contributed by atoms with E-state index < -0.39 is 0 Å². The van der Waals surface area contributed by atoms with Crippen LogP contribution >= 0.6 is 0 Å². The largest absolute Gasteiger partial charge is 0.490 e. The third-order valence-electron chi connectivity index (χ3n) is 3.97. The van der Waals surface area contributed by atoms with Gasteiger partial charge in [0.2, 0.25) is 0 Å². The van der Waals surface area contributed by atoms with E-state index in [2.05, 4.69) is 6.92 Å². The summed E-state index contributed by atoms with van der Waals surface area (Å²) in [6, 6.07) is 15.3. The Labute approximate surface area is 136 Å². The Morgan fingerprint density at radius 1 is 1.22 bits per heavy atom. The summed E-state index contributed by atoms with van der Waals surface area (Å²) in [6.07, 6.45) is 0.978. The van der Waals surface area contributed by atoms with Gasteiger partial charge in [-0.2, -0.15) is 0 Å². The van der Waals surface area contributed by atoms with Crippen molar-refractivity contribution in [2.24, 2.45) is 0 Å². The molecule has 0 radical (unpaired) electrons. The lowest BCUT2D eigenvalue weighted by atomic mass is 10.1. The highest BCUT2D eigenvalue weighted by molar-refractivity contribution is 6.07. The minimum absolute atomic E-state index is 0.0711. The molecule has 0 N–H and O–H groups in total. The first-order chi connectivity index (χ1) is 11.2. The van der Waals surface area contributed by atoms with Crippen LogP contribution in [0, 0.1) is 0 Å². The van der Waals surface area contributed by atoms with Crippen molar-refractivity contribution in [3.8, 4) is 5.75 Å². The van der Waals surface area contributed by atoms with E-state index in [1.807, 2.05) is 48.5 Å². The molecule has 3 rings (SSSR count). The van der Waals surface area contributed by atoms with Crippen LogP contribution in [0.3, 0.4) is 0 Å². The summed E-state index contributed by atoms with van der Waals surface area (Å²) in [5, 5.41) is 0. The molecule has 1 amide bonds. The van der Waals surface area contributed by atoms with Crippen LogP contribution in [0.25, 0.3) is 0 Å². The minimum atomic E-state index is -0.0711. The number of hydrogen-bond acceptors (Lipinski definition) is 3. The van der Waals surface area contributed by atoms with Crippen molar-refractivity contribution in [2.45, 2.75) is 19.4 Å². The smallest absolute Gasteiger partial charge is 0.261 e. The Bertz CT molecular complexity index is 680. The normalized spacial score (nSPS) is 16.0. The summed E-state index contributed by atoms with van der Waals surface area (Å²) < 4.78 is 11.1. The van der Waals surface area contributed by atoms with Gasteiger partial charge in [0.05, 0.1) is 12.2 Å². The Kier molecular flexibility index (Phi) is 4.63. The van der Waals surface area contributed by atoms with Gasteiger partial charge in [0.15, 0.2) is 0 Å². The van der Waals surface area contributed by atoms with Gasteiger partial charge in [-0.1, -0.05) is 37.3 Å². The number of epoxide rings is 1. The molecule has 1 aliphatic heterocycles. The lowest BCUT2D eigenvalue weighted by Crippen LogP contribution is -2.27. The van der Waals surface area contributed by atoms with Crippen LogP contribution in [0.5, 0.6) is 5.75 Å². The van der Waals surface area contributed by atoms with E-state index in [9.17, 15) is 4.79 Å². The maximum absolute atomic E-state index is 12.9. The predicted octanol–water partition coefficient (Wildman–Crippen LogP) is 3.30. The molecule has 1 atom stereocenters. The fourth-order valence-electron chi connectivity index (χ4n) is 2.49. The van der Waals surface area contributed by atoms with Crippen LogP contribution in [0.4, 0.5) is 5.69 Å². The molecule has 1 saturated heterocycles. The summed E-state index contributed by atoms with van der Waals surface area (Å²) in [4.78, 5) is 14.6. The Morgan fingerprint density at radius 2 is 1.96 bits per heavy atom. The molecule has 23 heavy (non-hydrogen) atoms. The molecular weight excluding hydrogens is 290 g/mol. The number of benzene rings is 2. The first-order valence-corrected chi connectivity index (χ1v) is 7.90. The first-order valence-electron chi connectivity index (χ1n) is 7.90. The summed E-state index contributed by atoms with van der Waals surface area (Å²) in [5.74, 6) is 0.608. The average Bonchev–Trinajstić information content (AvgIpc) is 3.43. The fraction of sp³-hybridized carbons (Fsp3) is 0.316. The molecule has 0 saturated carbocycles. The van der Waals surface area contributed by atoms with Gasteiger partial charge in [0.25, 0.3) is 5.91 Å². The predicted molar refractivity (Wildman–Crippen MR) is 90.2 cm³/mol. The monoisotopic (exact) mass is 311 g/mol. The number of hydrogen-bond donors (Lipinski definition) is 0. The second-order valence-corrected chi connectivity index (χ2v) is 5.61. The fourth-order valence-corrected chi connectivity index (χ4v) is 2.49. The number of carbonyl (C=O) groups is 1. The zero-order valence-corrected chi connectivity index (χ0v) is 13.5. The van der Waals surface area contributed by atoms with Gasteiger partial charge >= 0.3 is 0 Å². The molecule has 0 aromatic heterocycles. The summed E-state index contributed by atoms with van der Waals surface area (Å²) in [5.41, 5.74) is 2.49. The lowest BCUT2D eigenvalue weighted by molar-refractivity contribution is 0.0988. The molecule has 1 unspecified atom stereocenters. The highest BCUT2D eigenvalue weighted by Crippen LogP contribution is 2.28. The third kappa shape index (κ3) is 3.54. The van der Waals surface area contributed by atoms with Crippen LogP contribution < -0.4 is 9.64 Å². The summed E-state index contributed by atoms with van der Waals surface area (Å²) in [6.45, 7) is 3.29. The number of carbonyl (C=O) groups excluding carboxylic acids is 1. The standard InChI is InChI=1S/C19H21NO3/c1-3-14-8-7-11-17(18(14)23-13-16-12-22-16)19(21)20(2)15-9-5-4-6-10-15/h4-11,16H,3,12-13H2,1-2H3. The van der Waals surface area contributed by atoms with Crippen molar-refractivity contribution in [1.82, 2.24) is 0 Å². The van der Waals surface area contributed by atoms with Crippen LogP contribution in [-0.4, -0.2) is 32.3 Å². The second kappa shape index (κ2) is 6.84. The van der Waals surface area contributed by atoms with Crippen molar-refractivity contribution in [1.29, 1.82) is 0 Å². The average molecular weight is 311 g/mol. The Morgan fingerprint density at radius 3 is 2.61 bits per heavy atom. The maximum atomic E-state index is 12.9. The lowest BCUT2D eigenvalue weighted by Gasteiger charge is -2.20. The number of nitrogens with zero attached hydrogens (tertiary/aromatic N) is 1. The Balaban J connectivity index is 1.89. The number of rotatable bonds is 6. The molecule has 4 nitrogen and oxygen atoms in total. The Hall–Kier alpha value is -2.33. The highest BCUT2D eigenvalue weighted by Gasteiger charge is 2.26. The van der Waals surface area contributed by atoms with Crippen molar-refractivity contribution in [3.05, 3.63) is 59.7 Å². The third-order valence-corrected chi connectivity index (χ3v) is 3.97. The number of amides is 1. The number of para-hydroxylation sites is 2. The number of ether oxygens (including phenoxy) is 2. The minimum Gasteiger partial charge on any atom is -0.490 e. The summed E-state index contributed by atoms with van der Waals surface area (Å²) in [7, 11) is 1.78. The van der Waals surface area contributed by atoms with E-state index in [4.69, 9.17) is 9.47 Å². The molecule has 1 aliphatic rings. The van der Waals surface area contributed by atoms with Crippen LogP contribution in [0.15, 0.2) is 48.5 Å². The van der Waals surface area contributed by atoms with E-state index >= 15 is 0 Å². The molecular formula is C19H21NO3. The van der Waals surface area contributed by atoms with E-state index in [1.165, 1.54) is 0 Å². The molecule has 0 aliphatic carbocycles. The zero-order chi connectivity index (χ0) is 16.2. The van der Waals surface area contributed by atoms with Crippen LogP contribution in [-0.2, 0) is 11.2 Å². The number of aryl methyl sites for hydroxylation is 1. The summed E-state index contributed by atoms with van der Waals surface area (Å²) >= 11 is 0. The van der Waals surface area contributed by atoms with Crippen LogP contribution in [0.2, 0.25) is 0 Å². The quantitative estimate of drug-likeness (QED) is 0.769. The van der Waals surface area contributed by atoms with E-state index in [0.717, 1.165) is 24.3 Å². The first kappa shape index (κ1) is 15.6. The van der Waals surface area contributed by atoms with Gasteiger partial charge in [0, 0.05) is 12.7 Å². The molecule has 2 aromatic rings. The van der Waals surface area contributed by atoms with Crippen LogP contribution in [0.1, 0.15) is 22.8 Å². The van der Waals surface area contributed by atoms with Gasteiger partial charge < -0.3 is 14.4 Å². The maximum Gasteiger partial charge on any atom is 0.261 e. The molecule has 1 fully saturated rings. The molecule has 1 heterocycles. The SMILES string of the molecule is CCc1cccc(C(=O)N(C)c2ccccc2)c1OCC1CO1.